The zero-order chi connectivity index (χ0) is 13.1. The zero-order valence-electron chi connectivity index (χ0n) is 10.2. The third-order valence-corrected chi connectivity index (χ3v) is 2.68. The Morgan fingerprint density at radius 1 is 0.889 bits per heavy atom. The van der Waals surface area contributed by atoms with Crippen LogP contribution in [0.3, 0.4) is 0 Å². The molecule has 0 aliphatic carbocycles. The van der Waals surface area contributed by atoms with Crippen LogP contribution in [0.4, 0.5) is 0 Å². The van der Waals surface area contributed by atoms with E-state index in [0.29, 0.717) is 22.6 Å². The molecule has 0 spiro atoms. The summed E-state index contributed by atoms with van der Waals surface area (Å²) in [7, 11) is 3.08. The number of hydrogen-bond donors (Lipinski definition) is 2. The first-order valence-corrected chi connectivity index (χ1v) is 5.40. The zero-order valence-corrected chi connectivity index (χ0v) is 10.2. The fourth-order valence-electron chi connectivity index (χ4n) is 1.84. The van der Waals surface area contributed by atoms with Gasteiger partial charge < -0.3 is 19.7 Å². The molecule has 0 fully saturated rings. The third kappa shape index (κ3) is 2.05. The molecule has 0 radical (unpaired) electrons. The highest BCUT2D eigenvalue weighted by Crippen LogP contribution is 2.43. The summed E-state index contributed by atoms with van der Waals surface area (Å²) in [4.78, 5) is 0. The van der Waals surface area contributed by atoms with Crippen molar-refractivity contribution in [3.8, 4) is 34.1 Å². The van der Waals surface area contributed by atoms with Crippen molar-refractivity contribution < 1.29 is 19.7 Å². The molecule has 0 aliphatic heterocycles. The van der Waals surface area contributed by atoms with Crippen LogP contribution < -0.4 is 9.47 Å². The molecule has 0 atom stereocenters. The molecule has 0 aliphatic rings. The van der Waals surface area contributed by atoms with Gasteiger partial charge in [0.25, 0.3) is 0 Å². The predicted molar refractivity (Wildman–Crippen MR) is 68.3 cm³/mol. The van der Waals surface area contributed by atoms with Crippen LogP contribution in [-0.2, 0) is 0 Å². The van der Waals surface area contributed by atoms with Crippen LogP contribution in [0.5, 0.6) is 23.0 Å². The Morgan fingerprint density at radius 2 is 1.50 bits per heavy atom. The Labute approximate surface area is 105 Å². The van der Waals surface area contributed by atoms with Crippen molar-refractivity contribution in [1.82, 2.24) is 0 Å². The highest BCUT2D eigenvalue weighted by Gasteiger charge is 2.16. The molecule has 4 heteroatoms. The quantitative estimate of drug-likeness (QED) is 0.817. The van der Waals surface area contributed by atoms with E-state index in [0.717, 1.165) is 0 Å². The summed E-state index contributed by atoms with van der Waals surface area (Å²) in [5.41, 5.74) is 1.07. The van der Waals surface area contributed by atoms with Gasteiger partial charge in [0.2, 0.25) is 0 Å². The lowest BCUT2D eigenvalue weighted by molar-refractivity contribution is 0.396. The van der Waals surface area contributed by atoms with Crippen molar-refractivity contribution in [3.05, 3.63) is 36.4 Å². The van der Waals surface area contributed by atoms with E-state index >= 15 is 0 Å². The van der Waals surface area contributed by atoms with Gasteiger partial charge in [0, 0.05) is 5.56 Å². The molecule has 0 bridgehead atoms. The van der Waals surface area contributed by atoms with Crippen LogP contribution in [0.25, 0.3) is 11.1 Å². The average molecular weight is 246 g/mol. The van der Waals surface area contributed by atoms with E-state index in [4.69, 9.17) is 9.47 Å². The van der Waals surface area contributed by atoms with Gasteiger partial charge in [-0.15, -0.1) is 0 Å². The first-order chi connectivity index (χ1) is 8.67. The summed E-state index contributed by atoms with van der Waals surface area (Å²) < 4.78 is 10.5. The van der Waals surface area contributed by atoms with Gasteiger partial charge in [-0.1, -0.05) is 6.07 Å². The number of phenols is 2. The summed E-state index contributed by atoms with van der Waals surface area (Å²) in [5.74, 6) is 1.25. The summed E-state index contributed by atoms with van der Waals surface area (Å²) in [6, 6.07) is 9.64. The van der Waals surface area contributed by atoms with Crippen LogP contribution >= 0.6 is 0 Å². The van der Waals surface area contributed by atoms with E-state index in [1.165, 1.54) is 32.4 Å². The van der Waals surface area contributed by atoms with Crippen molar-refractivity contribution in [1.29, 1.82) is 0 Å². The van der Waals surface area contributed by atoms with Gasteiger partial charge in [0.05, 0.1) is 19.8 Å². The molecular weight excluding hydrogens is 232 g/mol. The maximum absolute atomic E-state index is 9.91. The number of hydrogen-bond acceptors (Lipinski definition) is 4. The van der Waals surface area contributed by atoms with Gasteiger partial charge in [0.15, 0.2) is 0 Å². The SMILES string of the molecule is COc1cccc(OC)c1-c1cc(O)ccc1O. The van der Waals surface area contributed by atoms with Crippen molar-refractivity contribution in [2.45, 2.75) is 0 Å². The second kappa shape index (κ2) is 4.87. The molecule has 4 nitrogen and oxygen atoms in total. The van der Waals surface area contributed by atoms with E-state index in [1.54, 1.807) is 18.2 Å². The number of phenolic OH excluding ortho intramolecular Hbond substituents is 2. The van der Waals surface area contributed by atoms with E-state index in [-0.39, 0.29) is 11.5 Å². The molecule has 2 N–H and O–H groups in total. The predicted octanol–water partition coefficient (Wildman–Crippen LogP) is 2.78. The number of rotatable bonds is 3. The molecule has 18 heavy (non-hydrogen) atoms. The van der Waals surface area contributed by atoms with E-state index in [1.807, 2.05) is 0 Å². The maximum atomic E-state index is 9.91. The van der Waals surface area contributed by atoms with Crippen LogP contribution in [0, 0.1) is 0 Å². The Bertz CT molecular complexity index is 541. The van der Waals surface area contributed by atoms with Crippen LogP contribution in [0.1, 0.15) is 0 Å². The van der Waals surface area contributed by atoms with Crippen molar-refractivity contribution >= 4 is 0 Å². The number of benzene rings is 2. The fraction of sp³-hybridized carbons (Fsp3) is 0.143. The second-order valence-corrected chi connectivity index (χ2v) is 3.74. The third-order valence-electron chi connectivity index (χ3n) is 2.68. The molecule has 0 heterocycles. The molecule has 94 valence electrons. The van der Waals surface area contributed by atoms with Crippen molar-refractivity contribution in [2.75, 3.05) is 14.2 Å². The lowest BCUT2D eigenvalue weighted by Gasteiger charge is -2.14. The van der Waals surface area contributed by atoms with E-state index < -0.39 is 0 Å². The Kier molecular flexibility index (Phi) is 3.28. The van der Waals surface area contributed by atoms with Gasteiger partial charge in [0.1, 0.15) is 23.0 Å². The van der Waals surface area contributed by atoms with Crippen LogP contribution in [0.15, 0.2) is 36.4 Å². The Balaban J connectivity index is 2.72. The Hall–Kier alpha value is -2.36. The van der Waals surface area contributed by atoms with Gasteiger partial charge in [-0.25, -0.2) is 0 Å². The molecule has 0 unspecified atom stereocenters. The molecule has 0 aromatic heterocycles. The standard InChI is InChI=1S/C14H14O4/c1-17-12-4-3-5-13(18-2)14(12)10-8-9(15)6-7-11(10)16/h3-8,15-16H,1-2H3. The Morgan fingerprint density at radius 3 is 2.06 bits per heavy atom. The topological polar surface area (TPSA) is 58.9 Å². The van der Waals surface area contributed by atoms with Gasteiger partial charge >= 0.3 is 0 Å². The average Bonchev–Trinajstić information content (AvgIpc) is 2.40. The van der Waals surface area contributed by atoms with Crippen molar-refractivity contribution in [2.24, 2.45) is 0 Å². The minimum Gasteiger partial charge on any atom is -0.508 e. The molecule has 2 rings (SSSR count). The highest BCUT2D eigenvalue weighted by atomic mass is 16.5. The second-order valence-electron chi connectivity index (χ2n) is 3.74. The molecule has 2 aromatic rings. The minimum absolute atomic E-state index is 0.0515. The smallest absolute Gasteiger partial charge is 0.130 e. The molecule has 2 aromatic carbocycles. The normalized spacial score (nSPS) is 10.1. The number of ether oxygens (including phenoxy) is 2. The number of aromatic hydroxyl groups is 2. The van der Waals surface area contributed by atoms with E-state index in [9.17, 15) is 10.2 Å². The maximum Gasteiger partial charge on any atom is 0.130 e. The monoisotopic (exact) mass is 246 g/mol. The highest BCUT2D eigenvalue weighted by molar-refractivity contribution is 5.81. The van der Waals surface area contributed by atoms with Gasteiger partial charge in [-0.05, 0) is 30.3 Å². The molecule has 0 saturated heterocycles. The minimum atomic E-state index is 0.0515. The summed E-state index contributed by atoms with van der Waals surface area (Å²) >= 11 is 0. The molecule has 0 saturated carbocycles. The number of methoxy groups -OCH3 is 2. The van der Waals surface area contributed by atoms with E-state index in [2.05, 4.69) is 0 Å². The van der Waals surface area contributed by atoms with Gasteiger partial charge in [-0.3, -0.25) is 0 Å². The largest absolute Gasteiger partial charge is 0.508 e. The fourth-order valence-corrected chi connectivity index (χ4v) is 1.84. The molecular formula is C14H14O4. The molecule has 0 amide bonds. The first-order valence-electron chi connectivity index (χ1n) is 5.40. The first kappa shape index (κ1) is 12.1. The van der Waals surface area contributed by atoms with Crippen molar-refractivity contribution in [3.63, 3.8) is 0 Å². The van der Waals surface area contributed by atoms with Crippen LogP contribution in [-0.4, -0.2) is 24.4 Å². The summed E-state index contributed by atoms with van der Waals surface area (Å²) in [6.07, 6.45) is 0. The lowest BCUT2D eigenvalue weighted by atomic mass is 10.0. The summed E-state index contributed by atoms with van der Waals surface area (Å²) in [5, 5.41) is 19.4. The van der Waals surface area contributed by atoms with Crippen LogP contribution in [0.2, 0.25) is 0 Å². The lowest BCUT2D eigenvalue weighted by Crippen LogP contribution is -1.93. The van der Waals surface area contributed by atoms with Gasteiger partial charge in [-0.2, -0.15) is 0 Å². The summed E-state index contributed by atoms with van der Waals surface area (Å²) in [6.45, 7) is 0.